The number of nitrogen functional groups attached to an aromatic ring is 1. The van der Waals surface area contributed by atoms with Gasteiger partial charge in [-0.15, -0.1) is 0 Å². The zero-order chi connectivity index (χ0) is 15.2. The fraction of sp³-hybridized carbons (Fsp3) is 0.188. The first-order chi connectivity index (χ1) is 10.1. The number of ether oxygens (including phenoxy) is 1. The Labute approximate surface area is 132 Å². The van der Waals surface area contributed by atoms with Crippen LogP contribution in [0.15, 0.2) is 46.9 Å². The molecule has 0 aliphatic heterocycles. The van der Waals surface area contributed by atoms with E-state index in [1.54, 1.807) is 24.3 Å². The number of carbonyl (C=O) groups is 1. The van der Waals surface area contributed by atoms with Gasteiger partial charge in [0.05, 0.1) is 12.2 Å². The van der Waals surface area contributed by atoms with Gasteiger partial charge < -0.3 is 15.8 Å². The number of nitrogens with two attached hydrogens (primary N) is 1. The van der Waals surface area contributed by atoms with E-state index in [0.29, 0.717) is 23.5 Å². The fourth-order valence-corrected chi connectivity index (χ4v) is 2.20. The van der Waals surface area contributed by atoms with Crippen LogP contribution in [0, 0.1) is 0 Å². The number of anilines is 2. The van der Waals surface area contributed by atoms with E-state index in [1.807, 2.05) is 25.1 Å². The lowest BCUT2D eigenvalue weighted by Gasteiger charge is -2.10. The van der Waals surface area contributed by atoms with Crippen molar-refractivity contribution in [2.45, 2.75) is 13.3 Å². The number of halogens is 1. The van der Waals surface area contributed by atoms with Crippen LogP contribution in [0.2, 0.25) is 0 Å². The van der Waals surface area contributed by atoms with Crippen LogP contribution in [0.3, 0.4) is 0 Å². The first-order valence-electron chi connectivity index (χ1n) is 6.69. The minimum Gasteiger partial charge on any atom is -0.494 e. The molecule has 0 aliphatic rings. The summed E-state index contributed by atoms with van der Waals surface area (Å²) in [6.07, 6.45) is 0.937. The second-order valence-electron chi connectivity index (χ2n) is 4.56. The quantitative estimate of drug-likeness (QED) is 0.800. The summed E-state index contributed by atoms with van der Waals surface area (Å²) in [4.78, 5) is 12.2. The third kappa shape index (κ3) is 4.23. The van der Waals surface area contributed by atoms with Gasteiger partial charge in [-0.3, -0.25) is 4.79 Å². The molecule has 110 valence electrons. The van der Waals surface area contributed by atoms with Gasteiger partial charge in [-0.05, 0) is 36.8 Å². The Bertz CT molecular complexity index is 644. The smallest absolute Gasteiger partial charge is 0.257 e. The van der Waals surface area contributed by atoms with Gasteiger partial charge in [0.2, 0.25) is 0 Å². The van der Waals surface area contributed by atoms with Crippen molar-refractivity contribution in [3.63, 3.8) is 0 Å². The van der Waals surface area contributed by atoms with Gasteiger partial charge in [-0.25, -0.2) is 0 Å². The molecule has 1 amide bonds. The van der Waals surface area contributed by atoms with Crippen molar-refractivity contribution in [1.82, 2.24) is 0 Å². The Hall–Kier alpha value is -2.01. The van der Waals surface area contributed by atoms with Gasteiger partial charge >= 0.3 is 0 Å². The van der Waals surface area contributed by atoms with E-state index < -0.39 is 0 Å². The predicted octanol–water partition coefficient (Wildman–Crippen LogP) is 4.07. The second kappa shape index (κ2) is 7.13. The molecule has 0 fully saturated rings. The van der Waals surface area contributed by atoms with Crippen LogP contribution >= 0.6 is 15.9 Å². The number of nitrogens with one attached hydrogen (secondary N) is 1. The summed E-state index contributed by atoms with van der Waals surface area (Å²) >= 11 is 3.32. The average Bonchev–Trinajstić information content (AvgIpc) is 2.45. The second-order valence-corrected chi connectivity index (χ2v) is 5.48. The molecule has 2 aromatic carbocycles. The summed E-state index contributed by atoms with van der Waals surface area (Å²) < 4.78 is 6.38. The third-order valence-corrected chi connectivity index (χ3v) is 3.32. The van der Waals surface area contributed by atoms with Crippen molar-refractivity contribution in [3.8, 4) is 5.75 Å². The van der Waals surface area contributed by atoms with E-state index in [0.717, 1.165) is 16.6 Å². The molecule has 0 spiro atoms. The highest BCUT2D eigenvalue weighted by Gasteiger charge is 2.10. The molecular formula is C16H17BrN2O2. The monoisotopic (exact) mass is 348 g/mol. The van der Waals surface area contributed by atoms with E-state index in [4.69, 9.17) is 10.5 Å². The van der Waals surface area contributed by atoms with Crippen molar-refractivity contribution >= 4 is 33.2 Å². The van der Waals surface area contributed by atoms with Gasteiger partial charge in [0, 0.05) is 21.9 Å². The summed E-state index contributed by atoms with van der Waals surface area (Å²) in [5.74, 6) is 0.492. The summed E-state index contributed by atoms with van der Waals surface area (Å²) in [7, 11) is 0. The van der Waals surface area contributed by atoms with Crippen molar-refractivity contribution < 1.29 is 9.53 Å². The Morgan fingerprint density at radius 3 is 2.81 bits per heavy atom. The minimum absolute atomic E-state index is 0.243. The van der Waals surface area contributed by atoms with Crippen LogP contribution in [-0.2, 0) is 0 Å². The van der Waals surface area contributed by atoms with Crippen molar-refractivity contribution in [2.24, 2.45) is 0 Å². The molecule has 0 aromatic heterocycles. The summed E-state index contributed by atoms with van der Waals surface area (Å²) in [5.41, 5.74) is 7.41. The van der Waals surface area contributed by atoms with E-state index >= 15 is 0 Å². The Kier molecular flexibility index (Phi) is 5.22. The molecule has 4 nitrogen and oxygen atoms in total. The van der Waals surface area contributed by atoms with Gasteiger partial charge in [-0.1, -0.05) is 28.9 Å². The highest BCUT2D eigenvalue weighted by atomic mass is 79.9. The van der Waals surface area contributed by atoms with Crippen LogP contribution in [0.5, 0.6) is 5.75 Å². The summed E-state index contributed by atoms with van der Waals surface area (Å²) in [6.45, 7) is 2.69. The molecule has 2 aromatic rings. The Morgan fingerprint density at radius 2 is 2.10 bits per heavy atom. The number of carbonyl (C=O) groups excluding carboxylic acids is 1. The van der Waals surface area contributed by atoms with Gasteiger partial charge in [0.1, 0.15) is 5.75 Å². The Morgan fingerprint density at radius 1 is 1.29 bits per heavy atom. The van der Waals surface area contributed by atoms with Crippen molar-refractivity contribution in [2.75, 3.05) is 17.7 Å². The maximum absolute atomic E-state index is 12.2. The molecule has 21 heavy (non-hydrogen) atoms. The number of rotatable bonds is 5. The molecule has 0 aliphatic carbocycles. The maximum atomic E-state index is 12.2. The van der Waals surface area contributed by atoms with Gasteiger partial charge in [-0.2, -0.15) is 0 Å². The van der Waals surface area contributed by atoms with E-state index in [2.05, 4.69) is 21.2 Å². The molecule has 0 saturated carbocycles. The molecule has 0 unspecified atom stereocenters. The van der Waals surface area contributed by atoms with Crippen molar-refractivity contribution in [1.29, 1.82) is 0 Å². The first-order valence-corrected chi connectivity index (χ1v) is 7.48. The molecule has 0 bridgehead atoms. The van der Waals surface area contributed by atoms with E-state index in [1.165, 1.54) is 0 Å². The number of benzene rings is 2. The number of amides is 1. The summed E-state index contributed by atoms with van der Waals surface area (Å²) in [5, 5.41) is 2.82. The predicted molar refractivity (Wildman–Crippen MR) is 88.7 cm³/mol. The van der Waals surface area contributed by atoms with E-state index in [-0.39, 0.29) is 5.91 Å². The standard InChI is InChI=1S/C16H17BrN2O2/c1-2-8-21-13-5-3-4-12(10-13)19-16(20)14-7-6-11(17)9-15(14)18/h3-7,9-10H,2,8,18H2,1H3,(H,19,20). The molecule has 0 atom stereocenters. The molecule has 0 saturated heterocycles. The number of hydrogen-bond acceptors (Lipinski definition) is 3. The number of hydrogen-bond donors (Lipinski definition) is 2. The fourth-order valence-electron chi connectivity index (χ4n) is 1.82. The molecule has 3 N–H and O–H groups in total. The largest absolute Gasteiger partial charge is 0.494 e. The highest BCUT2D eigenvalue weighted by molar-refractivity contribution is 9.10. The van der Waals surface area contributed by atoms with Crippen LogP contribution in [0.25, 0.3) is 0 Å². The van der Waals surface area contributed by atoms with Crippen LogP contribution in [-0.4, -0.2) is 12.5 Å². The maximum Gasteiger partial charge on any atom is 0.257 e. The highest BCUT2D eigenvalue weighted by Crippen LogP contribution is 2.22. The first kappa shape index (κ1) is 15.4. The van der Waals surface area contributed by atoms with E-state index in [9.17, 15) is 4.79 Å². The molecule has 5 heteroatoms. The molecule has 0 radical (unpaired) electrons. The summed E-state index contributed by atoms with van der Waals surface area (Å²) in [6, 6.07) is 12.5. The normalized spacial score (nSPS) is 10.2. The average molecular weight is 349 g/mol. The molecular weight excluding hydrogens is 332 g/mol. The zero-order valence-corrected chi connectivity index (χ0v) is 13.3. The third-order valence-electron chi connectivity index (χ3n) is 2.82. The van der Waals surface area contributed by atoms with Gasteiger partial charge in [0.15, 0.2) is 0 Å². The van der Waals surface area contributed by atoms with Crippen LogP contribution in [0.4, 0.5) is 11.4 Å². The Balaban J connectivity index is 2.12. The molecule has 0 heterocycles. The van der Waals surface area contributed by atoms with Crippen LogP contribution < -0.4 is 15.8 Å². The minimum atomic E-state index is -0.243. The van der Waals surface area contributed by atoms with Crippen molar-refractivity contribution in [3.05, 3.63) is 52.5 Å². The lowest BCUT2D eigenvalue weighted by Crippen LogP contribution is -2.14. The van der Waals surface area contributed by atoms with Crippen LogP contribution in [0.1, 0.15) is 23.7 Å². The zero-order valence-electron chi connectivity index (χ0n) is 11.7. The topological polar surface area (TPSA) is 64.3 Å². The lowest BCUT2D eigenvalue weighted by molar-refractivity contribution is 0.102. The SMILES string of the molecule is CCCOc1cccc(NC(=O)c2ccc(Br)cc2N)c1. The lowest BCUT2D eigenvalue weighted by atomic mass is 10.1. The molecule has 2 rings (SSSR count). The van der Waals surface area contributed by atoms with Gasteiger partial charge in [0.25, 0.3) is 5.91 Å².